The van der Waals surface area contributed by atoms with Crippen molar-refractivity contribution in [2.45, 2.75) is 37.3 Å². The number of carbonyl (C=O) groups is 2. The number of nitrogens with one attached hydrogen (secondary N) is 1. The van der Waals surface area contributed by atoms with Crippen LogP contribution in [0.1, 0.15) is 46.0 Å². The van der Waals surface area contributed by atoms with Gasteiger partial charge >= 0.3 is 0 Å². The van der Waals surface area contributed by atoms with Crippen molar-refractivity contribution in [3.8, 4) is 0 Å². The molecule has 0 amide bonds. The predicted octanol–water partition coefficient (Wildman–Crippen LogP) is 4.81. The van der Waals surface area contributed by atoms with Crippen LogP contribution in [0.4, 0.5) is 0 Å². The zero-order valence-corrected chi connectivity index (χ0v) is 15.6. The number of thiazole rings is 1. The number of hydrogen-bond acceptors (Lipinski definition) is 5. The lowest BCUT2D eigenvalue weighted by molar-refractivity contribution is 0.0988. The fourth-order valence-electron chi connectivity index (χ4n) is 2.83. The lowest BCUT2D eigenvalue weighted by Crippen LogP contribution is -2.15. The molecule has 0 aliphatic heterocycles. The second kappa shape index (κ2) is 6.53. The van der Waals surface area contributed by atoms with Gasteiger partial charge in [-0.1, -0.05) is 23.9 Å². The monoisotopic (exact) mass is 358 g/mol. The lowest BCUT2D eigenvalue weighted by Gasteiger charge is -2.08. The van der Waals surface area contributed by atoms with Gasteiger partial charge in [-0.3, -0.25) is 9.59 Å². The first-order valence-electron chi connectivity index (χ1n) is 7.65. The van der Waals surface area contributed by atoms with Crippen molar-refractivity contribution in [1.82, 2.24) is 9.97 Å². The Balaban J connectivity index is 1.84. The van der Waals surface area contributed by atoms with Crippen molar-refractivity contribution in [1.29, 1.82) is 0 Å². The minimum atomic E-state index is -0.276. The number of rotatable bonds is 5. The Bertz CT molecular complexity index is 907. The second-order valence-electron chi connectivity index (χ2n) is 5.75. The smallest absolute Gasteiger partial charge is 0.192 e. The number of benzene rings is 1. The molecule has 0 fully saturated rings. The van der Waals surface area contributed by atoms with E-state index in [2.05, 4.69) is 9.97 Å². The molecule has 2 aromatic heterocycles. The molecule has 124 valence electrons. The average Bonchev–Trinajstić information content (AvgIpc) is 3.06. The minimum absolute atomic E-state index is 0.00708. The van der Waals surface area contributed by atoms with Gasteiger partial charge in [0.15, 0.2) is 15.9 Å². The highest BCUT2D eigenvalue weighted by Gasteiger charge is 2.25. The highest BCUT2D eigenvalue weighted by atomic mass is 32.2. The molecule has 6 heteroatoms. The molecular weight excluding hydrogens is 340 g/mol. The van der Waals surface area contributed by atoms with Gasteiger partial charge in [-0.15, -0.1) is 11.3 Å². The van der Waals surface area contributed by atoms with E-state index in [1.165, 1.54) is 18.7 Å². The molecule has 3 aromatic rings. The van der Waals surface area contributed by atoms with E-state index in [-0.39, 0.29) is 16.8 Å². The molecule has 0 aliphatic carbocycles. The molecule has 24 heavy (non-hydrogen) atoms. The van der Waals surface area contributed by atoms with Crippen LogP contribution in [-0.4, -0.2) is 26.8 Å². The van der Waals surface area contributed by atoms with E-state index in [1.54, 1.807) is 11.3 Å². The first-order chi connectivity index (χ1) is 11.4. The molecule has 1 aromatic carbocycles. The number of ketones is 2. The summed E-state index contributed by atoms with van der Waals surface area (Å²) in [6.45, 7) is 7.05. The number of aromatic nitrogens is 2. The lowest BCUT2D eigenvalue weighted by atomic mass is 10.0. The normalized spacial score (nSPS) is 12.5. The van der Waals surface area contributed by atoms with E-state index >= 15 is 0 Å². The van der Waals surface area contributed by atoms with E-state index in [1.807, 2.05) is 45.0 Å². The van der Waals surface area contributed by atoms with Crippen molar-refractivity contribution >= 4 is 44.9 Å². The Kier molecular flexibility index (Phi) is 4.60. The maximum Gasteiger partial charge on any atom is 0.192 e. The van der Waals surface area contributed by atoms with Crippen LogP contribution in [0.15, 0.2) is 28.6 Å². The van der Waals surface area contributed by atoms with Gasteiger partial charge in [0.25, 0.3) is 0 Å². The number of aromatic amines is 1. The number of para-hydroxylation sites is 1. The number of hydrogen-bond donors (Lipinski definition) is 1. The summed E-state index contributed by atoms with van der Waals surface area (Å²) in [6, 6.07) is 7.94. The molecule has 0 radical (unpaired) electrons. The first kappa shape index (κ1) is 16.9. The van der Waals surface area contributed by atoms with Crippen molar-refractivity contribution < 1.29 is 9.59 Å². The third-order valence-electron chi connectivity index (χ3n) is 3.96. The topological polar surface area (TPSA) is 62.8 Å². The Hall–Kier alpha value is -1.92. The largest absolute Gasteiger partial charge is 0.355 e. The summed E-state index contributed by atoms with van der Waals surface area (Å²) in [6.07, 6.45) is 0. The van der Waals surface area contributed by atoms with Crippen LogP contribution in [0, 0.1) is 13.8 Å². The number of carbonyl (C=O) groups excluding carboxylic acids is 2. The number of Topliss-reactive ketones (excluding diaryl/α,β-unsaturated/α-hetero) is 2. The molecule has 0 saturated heterocycles. The van der Waals surface area contributed by atoms with Gasteiger partial charge < -0.3 is 4.98 Å². The van der Waals surface area contributed by atoms with Gasteiger partial charge in [0.05, 0.1) is 21.2 Å². The maximum atomic E-state index is 12.8. The molecule has 1 atom stereocenters. The van der Waals surface area contributed by atoms with E-state index in [0.717, 1.165) is 25.8 Å². The van der Waals surface area contributed by atoms with Crippen molar-refractivity contribution in [2.24, 2.45) is 0 Å². The van der Waals surface area contributed by atoms with Crippen LogP contribution in [0.5, 0.6) is 0 Å². The summed E-state index contributed by atoms with van der Waals surface area (Å²) in [7, 11) is 0. The summed E-state index contributed by atoms with van der Waals surface area (Å²) in [5.74, 6) is -0.0286. The Morgan fingerprint density at radius 2 is 1.96 bits per heavy atom. The second-order valence-corrected chi connectivity index (χ2v) is 8.37. The Morgan fingerprint density at radius 1 is 1.25 bits per heavy atom. The molecule has 0 aliphatic rings. The van der Waals surface area contributed by atoms with Crippen molar-refractivity contribution in [3.05, 3.63) is 46.8 Å². The molecule has 3 rings (SSSR count). The Morgan fingerprint density at radius 3 is 2.58 bits per heavy atom. The van der Waals surface area contributed by atoms with Crippen molar-refractivity contribution in [3.63, 3.8) is 0 Å². The van der Waals surface area contributed by atoms with Gasteiger partial charge in [0, 0.05) is 11.3 Å². The fraction of sp³-hybridized carbons (Fsp3) is 0.278. The summed E-state index contributed by atoms with van der Waals surface area (Å²) in [4.78, 5) is 32.2. The number of fused-ring (bicyclic) bond motifs is 1. The molecule has 0 bridgehead atoms. The molecule has 1 N–H and O–H groups in total. The zero-order chi connectivity index (χ0) is 17.4. The molecule has 0 unspecified atom stereocenters. The summed E-state index contributed by atoms with van der Waals surface area (Å²) >= 11 is 3.05. The minimum Gasteiger partial charge on any atom is -0.355 e. The van der Waals surface area contributed by atoms with Crippen LogP contribution in [0.25, 0.3) is 10.2 Å². The highest BCUT2D eigenvalue weighted by Crippen LogP contribution is 2.33. The number of nitrogens with zero attached hydrogens (tertiary/aromatic N) is 1. The van der Waals surface area contributed by atoms with Crippen LogP contribution in [-0.2, 0) is 0 Å². The number of aryl methyl sites for hydroxylation is 1. The number of H-pyrrole nitrogens is 1. The maximum absolute atomic E-state index is 12.8. The summed E-state index contributed by atoms with van der Waals surface area (Å²) in [5, 5.41) is -0.276. The van der Waals surface area contributed by atoms with Crippen LogP contribution in [0.3, 0.4) is 0 Å². The third kappa shape index (κ3) is 3.03. The zero-order valence-electron chi connectivity index (χ0n) is 14.0. The van der Waals surface area contributed by atoms with Gasteiger partial charge in [0.2, 0.25) is 0 Å². The average molecular weight is 358 g/mol. The summed E-state index contributed by atoms with van der Waals surface area (Å²) < 4.78 is 2.00. The molecule has 0 spiro atoms. The van der Waals surface area contributed by atoms with Crippen LogP contribution < -0.4 is 0 Å². The number of thioether (sulfide) groups is 1. The molecule has 2 heterocycles. The molecule has 4 nitrogen and oxygen atoms in total. The molecular formula is C18H18N2O2S2. The van der Waals surface area contributed by atoms with Gasteiger partial charge in [-0.25, -0.2) is 4.98 Å². The first-order valence-corrected chi connectivity index (χ1v) is 9.34. The third-order valence-corrected chi connectivity index (χ3v) is 6.19. The van der Waals surface area contributed by atoms with Gasteiger partial charge in [0.1, 0.15) is 0 Å². The van der Waals surface area contributed by atoms with Gasteiger partial charge in [-0.2, -0.15) is 0 Å². The van der Waals surface area contributed by atoms with Crippen LogP contribution >= 0.6 is 23.1 Å². The van der Waals surface area contributed by atoms with Gasteiger partial charge in [-0.05, 0) is 45.4 Å². The van der Waals surface area contributed by atoms with E-state index < -0.39 is 0 Å². The van der Waals surface area contributed by atoms with Crippen molar-refractivity contribution in [2.75, 3.05) is 0 Å². The molecule has 0 saturated carbocycles. The Labute approximate surface area is 148 Å². The van der Waals surface area contributed by atoms with Crippen LogP contribution in [0.2, 0.25) is 0 Å². The fourth-order valence-corrected chi connectivity index (χ4v) is 5.10. The quantitative estimate of drug-likeness (QED) is 0.525. The van der Waals surface area contributed by atoms with E-state index in [0.29, 0.717) is 11.3 Å². The standard InChI is InChI=1S/C18H18N2O2S2/c1-9-15(11(3)21)10(2)19-16(9)17(22)12(4)23-18-20-13-7-5-6-8-14(13)24-18/h5-8,12,19H,1-4H3/t12-/m0/s1. The highest BCUT2D eigenvalue weighted by molar-refractivity contribution is 8.02. The van der Waals surface area contributed by atoms with E-state index in [9.17, 15) is 9.59 Å². The summed E-state index contributed by atoms with van der Waals surface area (Å²) in [5.41, 5.74) is 3.59. The SMILES string of the molecule is CC(=O)c1c(C)[nH]c(C(=O)[C@H](C)Sc2nc3ccccc3s2)c1C. The van der Waals surface area contributed by atoms with E-state index in [4.69, 9.17) is 0 Å². The predicted molar refractivity (Wildman–Crippen MR) is 99.5 cm³/mol.